The molecule has 0 aliphatic carbocycles. The van der Waals surface area contributed by atoms with Crippen molar-refractivity contribution in [2.75, 3.05) is 24.3 Å². The number of nitrogens with one attached hydrogen (secondary N) is 1. The van der Waals surface area contributed by atoms with Crippen molar-refractivity contribution in [1.82, 2.24) is 0 Å². The first-order chi connectivity index (χ1) is 9.06. The van der Waals surface area contributed by atoms with Crippen LogP contribution in [0.2, 0.25) is 5.02 Å². The van der Waals surface area contributed by atoms with Crippen molar-refractivity contribution in [2.24, 2.45) is 0 Å². The Morgan fingerprint density at radius 1 is 1.11 bits per heavy atom. The Hall–Kier alpha value is -1.74. The van der Waals surface area contributed by atoms with Crippen LogP contribution in [0.1, 0.15) is 5.56 Å². The molecule has 0 aromatic heterocycles. The number of benzene rings is 2. The zero-order valence-corrected chi connectivity index (χ0v) is 11.7. The van der Waals surface area contributed by atoms with Crippen molar-refractivity contribution in [1.29, 1.82) is 0 Å². The lowest BCUT2D eigenvalue weighted by molar-refractivity contribution is 0.628. The first-order valence-electron chi connectivity index (χ1n) is 6.01. The molecule has 2 nitrogen and oxygen atoms in total. The number of hydrogen-bond donors (Lipinski definition) is 1. The van der Waals surface area contributed by atoms with Crippen LogP contribution < -0.4 is 10.2 Å². The van der Waals surface area contributed by atoms with Gasteiger partial charge in [0.05, 0.1) is 10.7 Å². The largest absolute Gasteiger partial charge is 0.380 e. The van der Waals surface area contributed by atoms with Crippen LogP contribution in [0.5, 0.6) is 0 Å². The second-order valence-electron chi connectivity index (χ2n) is 4.54. The number of hydrogen-bond acceptors (Lipinski definition) is 2. The van der Waals surface area contributed by atoms with Gasteiger partial charge in [0.1, 0.15) is 5.82 Å². The third-order valence-electron chi connectivity index (χ3n) is 2.87. The number of anilines is 2. The summed E-state index contributed by atoms with van der Waals surface area (Å²) in [6.45, 7) is 0.652. The fourth-order valence-corrected chi connectivity index (χ4v) is 1.98. The second kappa shape index (κ2) is 5.93. The second-order valence-corrected chi connectivity index (χ2v) is 4.95. The molecule has 0 atom stereocenters. The van der Waals surface area contributed by atoms with Crippen LogP contribution in [-0.4, -0.2) is 14.1 Å². The molecule has 0 heterocycles. The van der Waals surface area contributed by atoms with Crippen LogP contribution in [0.25, 0.3) is 0 Å². The van der Waals surface area contributed by atoms with Gasteiger partial charge in [0.25, 0.3) is 0 Å². The summed E-state index contributed by atoms with van der Waals surface area (Å²) in [5, 5.41) is 3.59. The lowest BCUT2D eigenvalue weighted by Crippen LogP contribution is -2.08. The van der Waals surface area contributed by atoms with Gasteiger partial charge in [-0.15, -0.1) is 0 Å². The highest BCUT2D eigenvalue weighted by atomic mass is 35.5. The van der Waals surface area contributed by atoms with Gasteiger partial charge in [-0.3, -0.25) is 0 Å². The first-order valence-corrected chi connectivity index (χ1v) is 6.39. The average Bonchev–Trinajstić information content (AvgIpc) is 2.38. The maximum atomic E-state index is 12.9. The minimum atomic E-state index is -0.328. The summed E-state index contributed by atoms with van der Waals surface area (Å²) in [5.74, 6) is -0.328. The van der Waals surface area contributed by atoms with E-state index < -0.39 is 0 Å². The van der Waals surface area contributed by atoms with E-state index in [0.717, 1.165) is 16.9 Å². The number of rotatable bonds is 4. The number of nitrogens with zero attached hydrogens (tertiary/aromatic N) is 1. The maximum absolute atomic E-state index is 12.9. The summed E-state index contributed by atoms with van der Waals surface area (Å²) in [5.41, 5.74) is 3.04. The van der Waals surface area contributed by atoms with Gasteiger partial charge in [-0.25, -0.2) is 4.39 Å². The zero-order chi connectivity index (χ0) is 13.8. The van der Waals surface area contributed by atoms with E-state index in [9.17, 15) is 4.39 Å². The van der Waals surface area contributed by atoms with Gasteiger partial charge in [-0.1, -0.05) is 23.7 Å². The smallest absolute Gasteiger partial charge is 0.124 e. The molecule has 2 rings (SSSR count). The molecule has 0 aliphatic rings. The Labute approximate surface area is 117 Å². The molecular weight excluding hydrogens is 263 g/mol. The van der Waals surface area contributed by atoms with E-state index in [1.807, 2.05) is 19.0 Å². The Balaban J connectivity index is 2.02. The molecule has 0 fully saturated rings. The van der Waals surface area contributed by atoms with Gasteiger partial charge < -0.3 is 10.2 Å². The molecule has 0 spiro atoms. The van der Waals surface area contributed by atoms with E-state index in [-0.39, 0.29) is 5.82 Å². The maximum Gasteiger partial charge on any atom is 0.124 e. The van der Waals surface area contributed by atoms with Gasteiger partial charge in [0.15, 0.2) is 0 Å². The highest BCUT2D eigenvalue weighted by Gasteiger charge is 2.02. The third kappa shape index (κ3) is 3.61. The highest BCUT2D eigenvalue weighted by Crippen LogP contribution is 2.23. The Morgan fingerprint density at radius 2 is 1.79 bits per heavy atom. The van der Waals surface area contributed by atoms with E-state index in [1.165, 1.54) is 12.1 Å². The van der Waals surface area contributed by atoms with E-state index in [4.69, 9.17) is 11.6 Å². The monoisotopic (exact) mass is 278 g/mol. The SMILES string of the molecule is CN(C)c1ccc(CNc2ccc(F)cc2Cl)cc1. The van der Waals surface area contributed by atoms with Crippen molar-refractivity contribution in [2.45, 2.75) is 6.54 Å². The Morgan fingerprint density at radius 3 is 2.37 bits per heavy atom. The van der Waals surface area contributed by atoms with Gasteiger partial charge in [-0.05, 0) is 35.9 Å². The fourth-order valence-electron chi connectivity index (χ4n) is 1.74. The minimum Gasteiger partial charge on any atom is -0.380 e. The van der Waals surface area contributed by atoms with Crippen molar-refractivity contribution in [3.8, 4) is 0 Å². The van der Waals surface area contributed by atoms with E-state index in [1.54, 1.807) is 6.07 Å². The lowest BCUT2D eigenvalue weighted by atomic mass is 10.2. The van der Waals surface area contributed by atoms with E-state index in [2.05, 4.69) is 29.6 Å². The molecule has 2 aromatic carbocycles. The molecule has 0 radical (unpaired) electrons. The molecule has 100 valence electrons. The van der Waals surface area contributed by atoms with E-state index >= 15 is 0 Å². The van der Waals surface area contributed by atoms with Gasteiger partial charge in [0.2, 0.25) is 0 Å². The highest BCUT2D eigenvalue weighted by molar-refractivity contribution is 6.33. The quantitative estimate of drug-likeness (QED) is 0.903. The topological polar surface area (TPSA) is 15.3 Å². The van der Waals surface area contributed by atoms with Crippen LogP contribution in [0.15, 0.2) is 42.5 Å². The Kier molecular flexibility index (Phi) is 4.27. The number of halogens is 2. The molecule has 0 bridgehead atoms. The molecule has 1 N–H and O–H groups in total. The van der Waals surface area contributed by atoms with Gasteiger partial charge >= 0.3 is 0 Å². The zero-order valence-electron chi connectivity index (χ0n) is 11.0. The molecule has 19 heavy (non-hydrogen) atoms. The minimum absolute atomic E-state index is 0.328. The standard InChI is InChI=1S/C15H16ClFN2/c1-19(2)13-6-3-11(4-7-13)10-18-15-8-5-12(17)9-14(15)16/h3-9,18H,10H2,1-2H3. The van der Waals surface area contributed by atoms with Crippen LogP contribution in [0, 0.1) is 5.82 Å². The lowest BCUT2D eigenvalue weighted by Gasteiger charge is -2.13. The van der Waals surface area contributed by atoms with Crippen molar-refractivity contribution in [3.05, 3.63) is 58.9 Å². The molecule has 0 saturated carbocycles. The molecule has 0 amide bonds. The third-order valence-corrected chi connectivity index (χ3v) is 3.18. The summed E-state index contributed by atoms with van der Waals surface area (Å²) in [4.78, 5) is 2.05. The van der Waals surface area contributed by atoms with Crippen molar-refractivity contribution >= 4 is 23.0 Å². The summed E-state index contributed by atoms with van der Waals surface area (Å²) >= 11 is 5.95. The summed E-state index contributed by atoms with van der Waals surface area (Å²) in [6.07, 6.45) is 0. The van der Waals surface area contributed by atoms with Crippen LogP contribution in [-0.2, 0) is 6.54 Å². The van der Waals surface area contributed by atoms with E-state index in [0.29, 0.717) is 11.6 Å². The summed E-state index contributed by atoms with van der Waals surface area (Å²) in [6, 6.07) is 12.6. The van der Waals surface area contributed by atoms with Gasteiger partial charge in [0, 0.05) is 26.3 Å². The molecule has 2 aromatic rings. The Bertz CT molecular complexity index is 553. The predicted octanol–water partition coefficient (Wildman–Crippen LogP) is 4.16. The molecular formula is C15H16ClFN2. The molecule has 4 heteroatoms. The normalized spacial score (nSPS) is 10.3. The summed E-state index contributed by atoms with van der Waals surface area (Å²) in [7, 11) is 4.01. The van der Waals surface area contributed by atoms with Gasteiger partial charge in [-0.2, -0.15) is 0 Å². The molecule has 0 saturated heterocycles. The first kappa shape index (κ1) is 13.7. The van der Waals surface area contributed by atoms with Crippen molar-refractivity contribution < 1.29 is 4.39 Å². The molecule has 0 unspecified atom stereocenters. The average molecular weight is 279 g/mol. The van der Waals surface area contributed by atoms with Crippen LogP contribution >= 0.6 is 11.6 Å². The van der Waals surface area contributed by atoms with Crippen molar-refractivity contribution in [3.63, 3.8) is 0 Å². The molecule has 0 aliphatic heterocycles. The van der Waals surface area contributed by atoms with Crippen LogP contribution in [0.4, 0.5) is 15.8 Å². The van der Waals surface area contributed by atoms with Crippen LogP contribution in [0.3, 0.4) is 0 Å². The fraction of sp³-hybridized carbons (Fsp3) is 0.200. The predicted molar refractivity (Wildman–Crippen MR) is 79.5 cm³/mol. The summed E-state index contributed by atoms with van der Waals surface area (Å²) < 4.78 is 12.9.